The van der Waals surface area contributed by atoms with Crippen molar-refractivity contribution in [2.75, 3.05) is 27.9 Å². The molecule has 0 amide bonds. The quantitative estimate of drug-likeness (QED) is 0.179. The van der Waals surface area contributed by atoms with E-state index in [1.165, 1.54) is 38.1 Å². The number of rotatable bonds is 11. The number of pyridine rings is 1. The smallest absolute Gasteiger partial charge is 0.314 e. The third-order valence-corrected chi connectivity index (χ3v) is 9.32. The number of carbonyl (C=O) groups is 1. The van der Waals surface area contributed by atoms with Gasteiger partial charge in [-0.3, -0.25) is 9.78 Å². The van der Waals surface area contributed by atoms with E-state index in [4.69, 9.17) is 18.9 Å². The van der Waals surface area contributed by atoms with Crippen LogP contribution in [0.2, 0.25) is 0 Å². The molecule has 0 aliphatic heterocycles. The second kappa shape index (κ2) is 12.0. The third kappa shape index (κ3) is 6.13. The Labute approximate surface area is 243 Å². The van der Waals surface area contributed by atoms with Gasteiger partial charge in [0.15, 0.2) is 5.16 Å². The Bertz CT molecular complexity index is 1680. The molecule has 0 spiro atoms. The van der Waals surface area contributed by atoms with Gasteiger partial charge in [0.2, 0.25) is 9.84 Å². The number of imidazole rings is 1. The first-order valence-corrected chi connectivity index (χ1v) is 15.1. The van der Waals surface area contributed by atoms with Gasteiger partial charge < -0.3 is 23.9 Å². The highest BCUT2D eigenvalue weighted by atomic mass is 32.2. The highest BCUT2D eigenvalue weighted by molar-refractivity contribution is 7.98. The zero-order valence-electron chi connectivity index (χ0n) is 24.0. The lowest BCUT2D eigenvalue weighted by atomic mass is 9.95. The Kier molecular flexibility index (Phi) is 8.83. The number of H-pyrrole nitrogens is 1. The van der Waals surface area contributed by atoms with Crippen molar-refractivity contribution >= 4 is 38.6 Å². The number of esters is 1. The highest BCUT2D eigenvalue weighted by Crippen LogP contribution is 2.37. The third-order valence-electron chi connectivity index (χ3n) is 6.61. The predicted octanol–water partition coefficient (Wildman–Crippen LogP) is 5.30. The number of benzene rings is 2. The topological polar surface area (TPSA) is 130 Å². The molecule has 0 radical (unpaired) electrons. The van der Waals surface area contributed by atoms with Crippen LogP contribution in [-0.4, -0.2) is 57.3 Å². The lowest BCUT2D eigenvalue weighted by molar-refractivity contribution is -0.152. The van der Waals surface area contributed by atoms with E-state index in [0.29, 0.717) is 22.2 Å². The minimum Gasteiger partial charge on any atom is -0.496 e. The van der Waals surface area contributed by atoms with Crippen LogP contribution < -0.4 is 14.2 Å². The fraction of sp³-hybridized carbons (Fsp3) is 0.345. The van der Waals surface area contributed by atoms with Crippen LogP contribution in [0.15, 0.2) is 57.5 Å². The molecule has 0 unspecified atom stereocenters. The van der Waals surface area contributed by atoms with E-state index in [9.17, 15) is 13.2 Å². The van der Waals surface area contributed by atoms with Crippen LogP contribution >= 0.6 is 11.8 Å². The van der Waals surface area contributed by atoms with Crippen LogP contribution in [0.4, 0.5) is 0 Å². The van der Waals surface area contributed by atoms with Crippen LogP contribution in [-0.2, 0) is 25.1 Å². The fourth-order valence-corrected chi connectivity index (χ4v) is 6.74. The average molecular weight is 600 g/mol. The van der Waals surface area contributed by atoms with Crippen LogP contribution in [0, 0.1) is 19.3 Å². The van der Waals surface area contributed by atoms with Crippen molar-refractivity contribution in [3.8, 4) is 17.2 Å². The highest BCUT2D eigenvalue weighted by Gasteiger charge is 2.30. The number of nitrogens with zero attached hydrogens (tertiary/aromatic N) is 2. The van der Waals surface area contributed by atoms with E-state index < -0.39 is 21.2 Å². The number of hydrogen-bond donors (Lipinski definition) is 1. The second-order valence-electron chi connectivity index (χ2n) is 10.0. The summed E-state index contributed by atoms with van der Waals surface area (Å²) < 4.78 is 49.2. The molecule has 41 heavy (non-hydrogen) atoms. The molecule has 12 heteroatoms. The zero-order valence-corrected chi connectivity index (χ0v) is 25.7. The maximum Gasteiger partial charge on any atom is 0.314 e. The van der Waals surface area contributed by atoms with Crippen molar-refractivity contribution in [2.24, 2.45) is 5.41 Å². The summed E-state index contributed by atoms with van der Waals surface area (Å²) >= 11 is 1.41. The number of methoxy groups -OCH3 is 3. The minimum absolute atomic E-state index is 0.0348. The molecule has 10 nitrogen and oxygen atoms in total. The van der Waals surface area contributed by atoms with Crippen molar-refractivity contribution in [3.63, 3.8) is 0 Å². The normalized spacial score (nSPS) is 11.9. The van der Waals surface area contributed by atoms with Crippen molar-refractivity contribution in [3.05, 3.63) is 59.4 Å². The van der Waals surface area contributed by atoms with Gasteiger partial charge in [0.25, 0.3) is 0 Å². The molecule has 0 atom stereocenters. The Balaban J connectivity index is 1.62. The molecular formula is C29H33N3O7S2. The Morgan fingerprint density at radius 3 is 2.37 bits per heavy atom. The van der Waals surface area contributed by atoms with Gasteiger partial charge in [0, 0.05) is 23.1 Å². The molecule has 0 aliphatic rings. The average Bonchev–Trinajstić information content (AvgIpc) is 3.38. The summed E-state index contributed by atoms with van der Waals surface area (Å²) in [6.07, 6.45) is 1.77. The maximum atomic E-state index is 13.9. The number of nitrogens with one attached hydrogen (secondary N) is 1. The van der Waals surface area contributed by atoms with Gasteiger partial charge in [-0.2, -0.15) is 0 Å². The number of hydrogen-bond acceptors (Lipinski definition) is 10. The molecule has 2 heterocycles. The number of aromatic nitrogens is 3. The zero-order chi connectivity index (χ0) is 29.9. The maximum absolute atomic E-state index is 13.9. The van der Waals surface area contributed by atoms with Crippen LogP contribution in [0.5, 0.6) is 17.2 Å². The molecule has 4 aromatic rings. The molecule has 0 saturated heterocycles. The first-order valence-electron chi connectivity index (χ1n) is 12.7. The fourth-order valence-electron chi connectivity index (χ4n) is 4.28. The van der Waals surface area contributed by atoms with Crippen molar-refractivity contribution in [1.82, 2.24) is 15.0 Å². The van der Waals surface area contributed by atoms with Crippen LogP contribution in [0.1, 0.15) is 30.7 Å². The van der Waals surface area contributed by atoms with Gasteiger partial charge in [0.1, 0.15) is 34.3 Å². The van der Waals surface area contributed by atoms with Crippen molar-refractivity contribution < 1.29 is 32.2 Å². The molecular weight excluding hydrogens is 566 g/mol. The lowest BCUT2D eigenvalue weighted by Gasteiger charge is -2.21. The van der Waals surface area contributed by atoms with E-state index in [1.807, 2.05) is 13.8 Å². The lowest BCUT2D eigenvalue weighted by Crippen LogP contribution is -2.32. The van der Waals surface area contributed by atoms with Crippen molar-refractivity contribution in [1.29, 1.82) is 0 Å². The summed E-state index contributed by atoms with van der Waals surface area (Å²) in [5.41, 5.74) is 2.72. The summed E-state index contributed by atoms with van der Waals surface area (Å²) in [6.45, 7) is 7.37. The predicted molar refractivity (Wildman–Crippen MR) is 156 cm³/mol. The van der Waals surface area contributed by atoms with E-state index in [1.54, 1.807) is 51.4 Å². The number of ether oxygens (including phenoxy) is 4. The molecule has 2 aromatic carbocycles. The van der Waals surface area contributed by atoms with E-state index in [0.717, 1.165) is 22.6 Å². The molecule has 0 fully saturated rings. The molecule has 4 rings (SSSR count). The Morgan fingerprint density at radius 1 is 1.02 bits per heavy atom. The molecule has 0 aliphatic carbocycles. The number of thioether (sulfide) groups is 1. The standard InChI is InChI=1S/C29H33N3O7S2/c1-17-14-30-22(18(2)25(17)37-6)15-40-28-31-21-12-13-23(36-5)26(24(21)32-28)41(34,35)20-10-8-19(9-11-20)39-16-29(3,4)27(33)38-7/h8-14H,15-16H2,1-7H3,(H,31,32). The van der Waals surface area contributed by atoms with Crippen molar-refractivity contribution in [2.45, 2.75) is 48.4 Å². The SMILES string of the molecule is COC(=O)C(C)(C)COc1ccc(S(=O)(=O)c2c(OC)ccc3[nH]c(SCc4ncc(C)c(OC)c4C)nc23)cc1. The summed E-state index contributed by atoms with van der Waals surface area (Å²) in [4.78, 5) is 24.3. The molecule has 0 bridgehead atoms. The van der Waals surface area contributed by atoms with Gasteiger partial charge in [-0.05, 0) is 64.1 Å². The van der Waals surface area contributed by atoms with Gasteiger partial charge in [0.05, 0.1) is 42.9 Å². The Hall–Kier alpha value is -3.77. The van der Waals surface area contributed by atoms with Gasteiger partial charge >= 0.3 is 5.97 Å². The van der Waals surface area contributed by atoms with Crippen LogP contribution in [0.3, 0.4) is 0 Å². The van der Waals surface area contributed by atoms with Gasteiger partial charge in [-0.1, -0.05) is 11.8 Å². The van der Waals surface area contributed by atoms with E-state index in [-0.39, 0.29) is 27.7 Å². The first kappa shape index (κ1) is 30.2. The number of fused-ring (bicyclic) bond motifs is 1. The number of aromatic amines is 1. The van der Waals surface area contributed by atoms with Gasteiger partial charge in [-0.15, -0.1) is 0 Å². The Morgan fingerprint density at radius 2 is 1.73 bits per heavy atom. The molecule has 2 aromatic heterocycles. The molecule has 218 valence electrons. The number of carbonyl (C=O) groups excluding carboxylic acids is 1. The molecule has 0 saturated carbocycles. The first-order chi connectivity index (χ1) is 19.4. The van der Waals surface area contributed by atoms with E-state index in [2.05, 4.69) is 15.0 Å². The van der Waals surface area contributed by atoms with Gasteiger partial charge in [-0.25, -0.2) is 13.4 Å². The second-order valence-corrected chi connectivity index (χ2v) is 12.9. The molecule has 1 N–H and O–H groups in total. The van der Waals surface area contributed by atoms with E-state index >= 15 is 0 Å². The largest absolute Gasteiger partial charge is 0.496 e. The summed E-state index contributed by atoms with van der Waals surface area (Å²) in [6, 6.07) is 9.34. The monoisotopic (exact) mass is 599 g/mol. The summed E-state index contributed by atoms with van der Waals surface area (Å²) in [5, 5.41) is 0.544. The summed E-state index contributed by atoms with van der Waals surface area (Å²) in [7, 11) is 0.334. The van der Waals surface area contributed by atoms with Crippen LogP contribution in [0.25, 0.3) is 11.0 Å². The summed E-state index contributed by atoms with van der Waals surface area (Å²) in [5.74, 6) is 1.50. The minimum atomic E-state index is -4.04. The number of aryl methyl sites for hydroxylation is 1. The number of sulfone groups is 1.